The van der Waals surface area contributed by atoms with Crippen LogP contribution in [-0.4, -0.2) is 26.0 Å². The molecule has 17 heavy (non-hydrogen) atoms. The lowest BCUT2D eigenvalue weighted by Crippen LogP contribution is -2.19. The number of hydrogen-bond donors (Lipinski definition) is 4. The standard InChI is InChI=1S/C10H8N2O5/c1-3(13)6-9(16)7-5(10(17)12-6)8(15)4(14)2-11-7/h2,14,16H,1H3,(H,11,15)(H,12,17). The van der Waals surface area contributed by atoms with Crippen LogP contribution in [-0.2, 0) is 0 Å². The van der Waals surface area contributed by atoms with Crippen molar-refractivity contribution in [3.63, 3.8) is 0 Å². The molecule has 4 N–H and O–H groups in total. The van der Waals surface area contributed by atoms with Crippen LogP contribution in [0.5, 0.6) is 11.5 Å². The van der Waals surface area contributed by atoms with Crippen molar-refractivity contribution in [1.82, 2.24) is 9.97 Å². The Balaban J connectivity index is 3.09. The third kappa shape index (κ3) is 1.48. The number of pyridine rings is 2. The number of ketones is 1. The fraction of sp³-hybridized carbons (Fsp3) is 0.100. The highest BCUT2D eigenvalue weighted by atomic mass is 16.3. The highest BCUT2D eigenvalue weighted by molar-refractivity contribution is 6.00. The SMILES string of the molecule is CC(=O)c1[nH]c(=O)c2c(=O)c(O)c[nH]c2c1O. The van der Waals surface area contributed by atoms with Gasteiger partial charge >= 0.3 is 0 Å². The molecule has 2 rings (SSSR count). The van der Waals surface area contributed by atoms with Gasteiger partial charge in [-0.25, -0.2) is 0 Å². The molecule has 0 radical (unpaired) electrons. The maximum absolute atomic E-state index is 11.6. The van der Waals surface area contributed by atoms with Gasteiger partial charge in [-0.05, 0) is 0 Å². The predicted octanol–water partition coefficient (Wildman–Crippen LogP) is -0.170. The summed E-state index contributed by atoms with van der Waals surface area (Å²) in [5.41, 5.74) is -2.23. The molecule has 2 aromatic rings. The van der Waals surface area contributed by atoms with E-state index in [2.05, 4.69) is 9.97 Å². The van der Waals surface area contributed by atoms with Gasteiger partial charge in [-0.15, -0.1) is 0 Å². The van der Waals surface area contributed by atoms with E-state index in [4.69, 9.17) is 5.11 Å². The van der Waals surface area contributed by atoms with Gasteiger partial charge in [-0.3, -0.25) is 14.4 Å². The van der Waals surface area contributed by atoms with Crippen molar-refractivity contribution in [1.29, 1.82) is 0 Å². The summed E-state index contributed by atoms with van der Waals surface area (Å²) in [5.74, 6) is -1.71. The van der Waals surface area contributed by atoms with Gasteiger partial charge in [0.05, 0.1) is 5.52 Å². The van der Waals surface area contributed by atoms with Crippen LogP contribution >= 0.6 is 0 Å². The van der Waals surface area contributed by atoms with Crippen molar-refractivity contribution in [2.75, 3.05) is 0 Å². The summed E-state index contributed by atoms with van der Waals surface area (Å²) in [6.07, 6.45) is 0.938. The summed E-state index contributed by atoms with van der Waals surface area (Å²) in [7, 11) is 0. The molecular formula is C10H8N2O5. The van der Waals surface area contributed by atoms with Gasteiger partial charge in [0.15, 0.2) is 17.3 Å². The Morgan fingerprint density at radius 1 is 1.29 bits per heavy atom. The van der Waals surface area contributed by atoms with Crippen LogP contribution in [0.3, 0.4) is 0 Å². The molecule has 0 unspecified atom stereocenters. The Bertz CT molecular complexity index is 741. The van der Waals surface area contributed by atoms with E-state index in [0.29, 0.717) is 0 Å². The molecule has 0 amide bonds. The maximum Gasteiger partial charge on any atom is 0.262 e. The van der Waals surface area contributed by atoms with Gasteiger partial charge in [-0.2, -0.15) is 0 Å². The molecule has 0 aliphatic carbocycles. The van der Waals surface area contributed by atoms with E-state index in [9.17, 15) is 19.5 Å². The van der Waals surface area contributed by atoms with Crippen molar-refractivity contribution >= 4 is 16.7 Å². The Morgan fingerprint density at radius 2 is 1.94 bits per heavy atom. The Morgan fingerprint density at radius 3 is 2.53 bits per heavy atom. The van der Waals surface area contributed by atoms with Gasteiger partial charge in [0.25, 0.3) is 5.56 Å². The highest BCUT2D eigenvalue weighted by Crippen LogP contribution is 2.22. The third-order valence-electron chi connectivity index (χ3n) is 2.35. The first kappa shape index (κ1) is 10.9. The van der Waals surface area contributed by atoms with Crippen LogP contribution in [0, 0.1) is 0 Å². The molecule has 0 fully saturated rings. The minimum Gasteiger partial charge on any atom is -0.504 e. The molecule has 0 spiro atoms. The number of aromatic nitrogens is 2. The number of carbonyl (C=O) groups is 1. The number of nitrogens with one attached hydrogen (secondary N) is 2. The van der Waals surface area contributed by atoms with Crippen molar-refractivity contribution < 1.29 is 15.0 Å². The fourth-order valence-electron chi connectivity index (χ4n) is 1.54. The summed E-state index contributed by atoms with van der Waals surface area (Å²) in [4.78, 5) is 38.7. The van der Waals surface area contributed by atoms with E-state index < -0.39 is 33.7 Å². The Kier molecular flexibility index (Phi) is 2.24. The molecule has 0 aliphatic heterocycles. The molecule has 88 valence electrons. The second-order valence-corrected chi connectivity index (χ2v) is 3.49. The minimum absolute atomic E-state index is 0.179. The lowest BCUT2D eigenvalue weighted by atomic mass is 10.1. The number of aromatic amines is 2. The van der Waals surface area contributed by atoms with Crippen molar-refractivity contribution in [2.24, 2.45) is 0 Å². The average molecular weight is 236 g/mol. The largest absolute Gasteiger partial charge is 0.504 e. The van der Waals surface area contributed by atoms with E-state index in [1.165, 1.54) is 0 Å². The topological polar surface area (TPSA) is 123 Å². The summed E-state index contributed by atoms with van der Waals surface area (Å²) in [6.45, 7) is 1.16. The quantitative estimate of drug-likeness (QED) is 0.512. The van der Waals surface area contributed by atoms with Gasteiger partial charge in [0.1, 0.15) is 11.1 Å². The molecule has 0 aromatic carbocycles. The number of aromatic hydroxyl groups is 2. The average Bonchev–Trinajstić information content (AvgIpc) is 2.26. The summed E-state index contributed by atoms with van der Waals surface area (Å²) >= 11 is 0. The third-order valence-corrected chi connectivity index (χ3v) is 2.35. The van der Waals surface area contributed by atoms with Gasteiger partial charge in [-0.1, -0.05) is 0 Å². The van der Waals surface area contributed by atoms with Crippen LogP contribution in [0.15, 0.2) is 15.8 Å². The summed E-state index contributed by atoms with van der Waals surface area (Å²) in [6, 6.07) is 0. The number of fused-ring (bicyclic) bond motifs is 1. The first-order chi connectivity index (χ1) is 7.93. The van der Waals surface area contributed by atoms with Crippen LogP contribution in [0.2, 0.25) is 0 Å². The Labute approximate surface area is 93.4 Å². The van der Waals surface area contributed by atoms with E-state index >= 15 is 0 Å². The van der Waals surface area contributed by atoms with Crippen LogP contribution in [0.4, 0.5) is 0 Å². The fourth-order valence-corrected chi connectivity index (χ4v) is 1.54. The lowest BCUT2D eigenvalue weighted by Gasteiger charge is -2.04. The zero-order chi connectivity index (χ0) is 12.7. The molecule has 0 saturated heterocycles. The maximum atomic E-state index is 11.6. The van der Waals surface area contributed by atoms with Gasteiger partial charge < -0.3 is 20.2 Å². The molecule has 2 heterocycles. The first-order valence-electron chi connectivity index (χ1n) is 4.64. The second-order valence-electron chi connectivity index (χ2n) is 3.49. The van der Waals surface area contributed by atoms with Crippen molar-refractivity contribution in [3.8, 4) is 11.5 Å². The lowest BCUT2D eigenvalue weighted by molar-refractivity contribution is 0.101. The molecule has 2 aromatic heterocycles. The number of hydrogen-bond acceptors (Lipinski definition) is 5. The molecule has 0 saturated carbocycles. The number of H-pyrrole nitrogens is 2. The summed E-state index contributed by atoms with van der Waals surface area (Å²) < 4.78 is 0. The molecule has 0 atom stereocenters. The molecule has 0 bridgehead atoms. The Hall–Kier alpha value is -2.57. The number of Topliss-reactive ketones (excluding diaryl/α,β-unsaturated/α-hetero) is 1. The molecular weight excluding hydrogens is 228 g/mol. The van der Waals surface area contributed by atoms with Crippen LogP contribution in [0.1, 0.15) is 17.4 Å². The predicted molar refractivity (Wildman–Crippen MR) is 58.5 cm³/mol. The number of rotatable bonds is 1. The van der Waals surface area contributed by atoms with Gasteiger partial charge in [0, 0.05) is 13.1 Å². The van der Waals surface area contributed by atoms with Crippen LogP contribution in [0.25, 0.3) is 10.9 Å². The molecule has 0 aliphatic rings. The molecule has 7 nitrogen and oxygen atoms in total. The van der Waals surface area contributed by atoms with E-state index in [-0.39, 0.29) is 11.2 Å². The monoisotopic (exact) mass is 236 g/mol. The first-order valence-corrected chi connectivity index (χ1v) is 4.64. The zero-order valence-electron chi connectivity index (χ0n) is 8.70. The van der Waals surface area contributed by atoms with E-state index in [0.717, 1.165) is 13.1 Å². The second kappa shape index (κ2) is 3.48. The van der Waals surface area contributed by atoms with Crippen molar-refractivity contribution in [3.05, 3.63) is 32.5 Å². The smallest absolute Gasteiger partial charge is 0.262 e. The van der Waals surface area contributed by atoms with Crippen LogP contribution < -0.4 is 11.0 Å². The minimum atomic E-state index is -0.912. The van der Waals surface area contributed by atoms with Gasteiger partial charge in [0.2, 0.25) is 5.43 Å². The highest BCUT2D eigenvalue weighted by Gasteiger charge is 2.17. The van der Waals surface area contributed by atoms with E-state index in [1.807, 2.05) is 0 Å². The normalized spacial score (nSPS) is 10.6. The molecule has 7 heteroatoms. The zero-order valence-corrected chi connectivity index (χ0v) is 8.70. The summed E-state index contributed by atoms with van der Waals surface area (Å²) in [5, 5.41) is 18.5. The van der Waals surface area contributed by atoms with E-state index in [1.54, 1.807) is 0 Å². The number of carbonyl (C=O) groups excluding carboxylic acids is 1. The van der Waals surface area contributed by atoms with Crippen molar-refractivity contribution in [2.45, 2.75) is 6.92 Å².